The fourth-order valence-corrected chi connectivity index (χ4v) is 4.02. The van der Waals surface area contributed by atoms with Gasteiger partial charge in [-0.05, 0) is 23.6 Å². The van der Waals surface area contributed by atoms with E-state index in [4.69, 9.17) is 16.3 Å². The highest BCUT2D eigenvalue weighted by atomic mass is 35.5. The molecule has 3 rings (SSSR count). The van der Waals surface area contributed by atoms with Gasteiger partial charge in [-0.25, -0.2) is 0 Å². The van der Waals surface area contributed by atoms with Gasteiger partial charge in [0.2, 0.25) is 0 Å². The standard InChI is InChI=1S/C20H19ClN2O3S/c1-12(2)13-7-3-5-9-15(13)26-11-17(24)22-23-20(25)19-18(21)14-8-4-6-10-16(14)27-19/h3-10,12H,11H2,1-2H3,(H,22,24)(H,23,25). The van der Waals surface area contributed by atoms with Crippen molar-refractivity contribution < 1.29 is 14.3 Å². The summed E-state index contributed by atoms with van der Waals surface area (Å²) in [5, 5.41) is 1.19. The van der Waals surface area contributed by atoms with E-state index in [1.807, 2.05) is 48.5 Å². The second-order valence-corrected chi connectivity index (χ2v) is 7.65. The van der Waals surface area contributed by atoms with Crippen LogP contribution in [0.1, 0.15) is 35.0 Å². The number of hydrogen-bond acceptors (Lipinski definition) is 4. The number of rotatable bonds is 5. The molecule has 0 unspecified atom stereocenters. The summed E-state index contributed by atoms with van der Waals surface area (Å²) < 4.78 is 6.49. The molecule has 0 saturated heterocycles. The molecule has 1 heterocycles. The van der Waals surface area contributed by atoms with Crippen molar-refractivity contribution in [2.75, 3.05) is 6.61 Å². The fraction of sp³-hybridized carbons (Fsp3) is 0.200. The molecule has 0 aliphatic heterocycles. The lowest BCUT2D eigenvalue weighted by Gasteiger charge is -2.13. The van der Waals surface area contributed by atoms with E-state index in [1.165, 1.54) is 11.3 Å². The van der Waals surface area contributed by atoms with Crippen LogP contribution in [0, 0.1) is 0 Å². The smallest absolute Gasteiger partial charge is 0.281 e. The second kappa shape index (κ2) is 8.41. The molecule has 140 valence electrons. The van der Waals surface area contributed by atoms with Gasteiger partial charge < -0.3 is 4.74 Å². The van der Waals surface area contributed by atoms with Crippen LogP contribution >= 0.6 is 22.9 Å². The topological polar surface area (TPSA) is 67.4 Å². The highest BCUT2D eigenvalue weighted by Crippen LogP contribution is 2.34. The number of nitrogens with one attached hydrogen (secondary N) is 2. The summed E-state index contributed by atoms with van der Waals surface area (Å²) in [6.07, 6.45) is 0. The molecular weight excluding hydrogens is 384 g/mol. The molecule has 0 saturated carbocycles. The Bertz CT molecular complexity index is 984. The molecule has 0 aliphatic carbocycles. The predicted octanol–water partition coefficient (Wildman–Crippen LogP) is 4.52. The zero-order valence-corrected chi connectivity index (χ0v) is 16.5. The number of hydrogen-bond donors (Lipinski definition) is 2. The molecule has 0 radical (unpaired) electrons. The number of carbonyl (C=O) groups excluding carboxylic acids is 2. The van der Waals surface area contributed by atoms with E-state index >= 15 is 0 Å². The minimum Gasteiger partial charge on any atom is -0.483 e. The van der Waals surface area contributed by atoms with Crippen LogP contribution in [-0.2, 0) is 4.79 Å². The quantitative estimate of drug-likeness (QED) is 0.616. The van der Waals surface area contributed by atoms with Gasteiger partial charge in [0.05, 0.1) is 5.02 Å². The molecule has 0 aliphatic rings. The molecule has 27 heavy (non-hydrogen) atoms. The predicted molar refractivity (Wildman–Crippen MR) is 108 cm³/mol. The number of thiophene rings is 1. The Morgan fingerprint density at radius 3 is 2.52 bits per heavy atom. The van der Waals surface area contributed by atoms with Gasteiger partial charge in [0.25, 0.3) is 11.8 Å². The Morgan fingerprint density at radius 2 is 1.78 bits per heavy atom. The van der Waals surface area contributed by atoms with Crippen molar-refractivity contribution in [2.24, 2.45) is 0 Å². The van der Waals surface area contributed by atoms with Crippen LogP contribution in [0.15, 0.2) is 48.5 Å². The van der Waals surface area contributed by atoms with Gasteiger partial charge in [0, 0.05) is 10.1 Å². The van der Waals surface area contributed by atoms with Gasteiger partial charge >= 0.3 is 0 Å². The number of ether oxygens (including phenoxy) is 1. The van der Waals surface area contributed by atoms with Crippen molar-refractivity contribution in [3.8, 4) is 5.75 Å². The molecule has 1 aromatic heterocycles. The normalized spacial score (nSPS) is 10.8. The minimum atomic E-state index is -0.461. The van der Waals surface area contributed by atoms with Crippen LogP contribution in [0.25, 0.3) is 10.1 Å². The summed E-state index contributed by atoms with van der Waals surface area (Å²) >= 11 is 7.54. The first kappa shape index (κ1) is 19.2. The lowest BCUT2D eigenvalue weighted by molar-refractivity contribution is -0.123. The van der Waals surface area contributed by atoms with Crippen molar-refractivity contribution in [1.82, 2.24) is 10.9 Å². The Labute approximate surface area is 166 Å². The van der Waals surface area contributed by atoms with E-state index in [0.717, 1.165) is 15.6 Å². The SMILES string of the molecule is CC(C)c1ccccc1OCC(=O)NNC(=O)c1sc2ccccc2c1Cl. The zero-order chi connectivity index (χ0) is 19.4. The van der Waals surface area contributed by atoms with Crippen LogP contribution in [0.4, 0.5) is 0 Å². The Morgan fingerprint density at radius 1 is 1.07 bits per heavy atom. The first-order chi connectivity index (χ1) is 13.0. The average Bonchev–Trinajstić information content (AvgIpc) is 3.01. The minimum absolute atomic E-state index is 0.204. The first-order valence-electron chi connectivity index (χ1n) is 8.45. The van der Waals surface area contributed by atoms with Crippen LogP contribution in [0.2, 0.25) is 5.02 Å². The van der Waals surface area contributed by atoms with Crippen molar-refractivity contribution in [3.63, 3.8) is 0 Å². The molecule has 0 atom stereocenters. The van der Waals surface area contributed by atoms with Gasteiger partial charge in [0.15, 0.2) is 6.61 Å². The second-order valence-electron chi connectivity index (χ2n) is 6.22. The van der Waals surface area contributed by atoms with Crippen molar-refractivity contribution in [3.05, 3.63) is 64.0 Å². The van der Waals surface area contributed by atoms with E-state index in [9.17, 15) is 9.59 Å². The van der Waals surface area contributed by atoms with E-state index in [1.54, 1.807) is 0 Å². The number of halogens is 1. The van der Waals surface area contributed by atoms with Gasteiger partial charge in [-0.15, -0.1) is 11.3 Å². The lowest BCUT2D eigenvalue weighted by atomic mass is 10.0. The highest BCUT2D eigenvalue weighted by molar-refractivity contribution is 7.21. The zero-order valence-electron chi connectivity index (χ0n) is 14.9. The van der Waals surface area contributed by atoms with Crippen LogP contribution in [0.5, 0.6) is 5.75 Å². The van der Waals surface area contributed by atoms with Crippen LogP contribution < -0.4 is 15.6 Å². The summed E-state index contributed by atoms with van der Waals surface area (Å²) in [7, 11) is 0. The van der Waals surface area contributed by atoms with Crippen molar-refractivity contribution in [1.29, 1.82) is 0 Å². The molecule has 7 heteroatoms. The lowest BCUT2D eigenvalue weighted by Crippen LogP contribution is -2.43. The van der Waals surface area contributed by atoms with Crippen molar-refractivity contribution >= 4 is 44.8 Å². The molecule has 2 aromatic carbocycles. The third-order valence-electron chi connectivity index (χ3n) is 3.96. The largest absolute Gasteiger partial charge is 0.483 e. The third-order valence-corrected chi connectivity index (χ3v) is 5.63. The Hall–Kier alpha value is -2.57. The van der Waals surface area contributed by atoms with E-state index in [0.29, 0.717) is 15.6 Å². The third kappa shape index (κ3) is 4.40. The monoisotopic (exact) mass is 402 g/mol. The number of fused-ring (bicyclic) bond motifs is 1. The molecule has 0 fully saturated rings. The van der Waals surface area contributed by atoms with E-state index < -0.39 is 11.8 Å². The van der Waals surface area contributed by atoms with Crippen LogP contribution in [0.3, 0.4) is 0 Å². The highest BCUT2D eigenvalue weighted by Gasteiger charge is 2.17. The number of hydrazine groups is 1. The Kier molecular flexibility index (Phi) is 5.98. The van der Waals surface area contributed by atoms with Crippen LogP contribution in [-0.4, -0.2) is 18.4 Å². The fourth-order valence-electron chi connectivity index (χ4n) is 2.61. The van der Waals surface area contributed by atoms with Gasteiger partial charge in [-0.2, -0.15) is 0 Å². The molecule has 5 nitrogen and oxygen atoms in total. The van der Waals surface area contributed by atoms with E-state index in [2.05, 4.69) is 24.7 Å². The summed E-state index contributed by atoms with van der Waals surface area (Å²) in [5.41, 5.74) is 5.76. The molecule has 0 bridgehead atoms. The number of amides is 2. The molecule has 2 amide bonds. The average molecular weight is 403 g/mol. The van der Waals surface area contributed by atoms with Gasteiger partial charge in [-0.3, -0.25) is 20.4 Å². The first-order valence-corrected chi connectivity index (χ1v) is 9.64. The van der Waals surface area contributed by atoms with E-state index in [-0.39, 0.29) is 12.5 Å². The maximum atomic E-state index is 12.3. The van der Waals surface area contributed by atoms with Crippen molar-refractivity contribution in [2.45, 2.75) is 19.8 Å². The Balaban J connectivity index is 1.57. The summed E-state index contributed by atoms with van der Waals surface area (Å²) in [4.78, 5) is 24.7. The maximum absolute atomic E-state index is 12.3. The maximum Gasteiger partial charge on any atom is 0.281 e. The molecular formula is C20H19ClN2O3S. The van der Waals surface area contributed by atoms with Gasteiger partial charge in [-0.1, -0.05) is 61.8 Å². The molecule has 3 aromatic rings. The summed E-state index contributed by atoms with van der Waals surface area (Å²) in [6, 6.07) is 15.0. The number of para-hydroxylation sites is 1. The summed E-state index contributed by atoms with van der Waals surface area (Å²) in [6.45, 7) is 3.90. The number of benzene rings is 2. The van der Waals surface area contributed by atoms with Gasteiger partial charge in [0.1, 0.15) is 10.6 Å². The number of carbonyl (C=O) groups is 2. The summed E-state index contributed by atoms with van der Waals surface area (Å²) in [5.74, 6) is 0.0110. The molecule has 0 spiro atoms. The molecule has 2 N–H and O–H groups in total.